The molecule has 3 aliphatic heterocycles. The molecule has 3 saturated heterocycles. The number of benzene rings is 1. The second-order valence-electron chi connectivity index (χ2n) is 6.03. The van der Waals surface area contributed by atoms with E-state index in [2.05, 4.69) is 58.8 Å². The summed E-state index contributed by atoms with van der Waals surface area (Å²) in [4.78, 5) is 2.65. The van der Waals surface area contributed by atoms with Crippen LogP contribution >= 0.6 is 23.5 Å². The van der Waals surface area contributed by atoms with Crippen LogP contribution in [0.4, 0.5) is 0 Å². The van der Waals surface area contributed by atoms with E-state index in [1.54, 1.807) is 0 Å². The molecule has 3 heterocycles. The first-order valence-corrected chi connectivity index (χ1v) is 9.46. The lowest BCUT2D eigenvalue weighted by Gasteiger charge is -2.53. The van der Waals surface area contributed by atoms with E-state index in [-0.39, 0.29) is 0 Å². The van der Waals surface area contributed by atoms with Gasteiger partial charge >= 0.3 is 0 Å². The van der Waals surface area contributed by atoms with Gasteiger partial charge in [-0.1, -0.05) is 30.3 Å². The van der Waals surface area contributed by atoms with E-state index in [1.165, 1.54) is 30.2 Å². The van der Waals surface area contributed by atoms with E-state index in [0.29, 0.717) is 15.9 Å². The summed E-state index contributed by atoms with van der Waals surface area (Å²) in [7, 11) is 0. The van der Waals surface area contributed by atoms with Gasteiger partial charge in [-0.15, -0.1) is 23.5 Å². The predicted octanol–water partition coefficient (Wildman–Crippen LogP) is 2.94. The smallest absolute Gasteiger partial charge is 0.0735 e. The highest BCUT2D eigenvalue weighted by molar-refractivity contribution is 8.21. The summed E-state index contributed by atoms with van der Waals surface area (Å²) in [5, 5.41) is 0. The van der Waals surface area contributed by atoms with Gasteiger partial charge in [0.2, 0.25) is 0 Å². The van der Waals surface area contributed by atoms with E-state index in [4.69, 9.17) is 4.74 Å². The first-order chi connectivity index (χ1) is 9.87. The minimum atomic E-state index is 0.478. The maximum absolute atomic E-state index is 5.87. The maximum Gasteiger partial charge on any atom is 0.0735 e. The third kappa shape index (κ3) is 2.31. The molecule has 3 fully saturated rings. The second kappa shape index (κ2) is 5.56. The molecule has 1 aromatic rings. The van der Waals surface area contributed by atoms with Gasteiger partial charge in [-0.3, -0.25) is 4.90 Å². The summed E-state index contributed by atoms with van der Waals surface area (Å²) in [6.07, 6.45) is 0. The molecular weight excluding hydrogens is 286 g/mol. The summed E-state index contributed by atoms with van der Waals surface area (Å²) >= 11 is 4.44. The number of hydrogen-bond donors (Lipinski definition) is 0. The van der Waals surface area contributed by atoms with Crippen molar-refractivity contribution >= 4 is 23.5 Å². The monoisotopic (exact) mass is 307 g/mol. The van der Waals surface area contributed by atoms with E-state index in [9.17, 15) is 0 Å². The Kier molecular flexibility index (Phi) is 3.75. The van der Waals surface area contributed by atoms with Crippen LogP contribution in [-0.2, 0) is 11.3 Å². The summed E-state index contributed by atoms with van der Waals surface area (Å²) in [5.74, 6) is 4.07. The van der Waals surface area contributed by atoms with Crippen molar-refractivity contribution in [3.05, 3.63) is 35.9 Å². The van der Waals surface area contributed by atoms with E-state index < -0.39 is 0 Å². The van der Waals surface area contributed by atoms with Crippen LogP contribution in [0.25, 0.3) is 0 Å². The molecule has 3 aliphatic rings. The van der Waals surface area contributed by atoms with E-state index >= 15 is 0 Å². The Balaban J connectivity index is 1.51. The molecule has 2 nitrogen and oxygen atoms in total. The minimum absolute atomic E-state index is 0.478. The summed E-state index contributed by atoms with van der Waals surface area (Å²) < 4.78 is 6.35. The Morgan fingerprint density at radius 3 is 2.35 bits per heavy atom. The van der Waals surface area contributed by atoms with Gasteiger partial charge in [-0.25, -0.2) is 0 Å². The van der Waals surface area contributed by atoms with Crippen LogP contribution in [0.2, 0.25) is 0 Å². The van der Waals surface area contributed by atoms with Gasteiger partial charge in [0.25, 0.3) is 0 Å². The molecular formula is C16H21NOS2. The lowest BCUT2D eigenvalue weighted by molar-refractivity contribution is -0.0452. The van der Waals surface area contributed by atoms with Crippen molar-refractivity contribution in [2.24, 2.45) is 11.8 Å². The number of ether oxygens (including phenoxy) is 1. The summed E-state index contributed by atoms with van der Waals surface area (Å²) in [5.41, 5.74) is 1.44. The molecule has 108 valence electrons. The molecule has 4 heteroatoms. The molecule has 0 radical (unpaired) electrons. The van der Waals surface area contributed by atoms with Crippen molar-refractivity contribution < 1.29 is 4.74 Å². The lowest BCUT2D eigenvalue weighted by atomic mass is 9.86. The summed E-state index contributed by atoms with van der Waals surface area (Å²) in [6, 6.07) is 10.9. The molecule has 0 amide bonds. The number of likely N-dealkylation sites (tertiary alicyclic amines) is 1. The zero-order valence-electron chi connectivity index (χ0n) is 11.7. The lowest BCUT2D eigenvalue weighted by Crippen LogP contribution is -2.59. The molecule has 2 atom stereocenters. The Morgan fingerprint density at radius 1 is 1.05 bits per heavy atom. The predicted molar refractivity (Wildman–Crippen MR) is 87.2 cm³/mol. The molecule has 4 rings (SSSR count). The third-order valence-electron chi connectivity index (χ3n) is 4.72. The quantitative estimate of drug-likeness (QED) is 0.832. The largest absolute Gasteiger partial charge is 0.381 e. The Labute approximate surface area is 129 Å². The topological polar surface area (TPSA) is 12.5 Å². The van der Waals surface area contributed by atoms with Gasteiger partial charge in [0, 0.05) is 43.0 Å². The second-order valence-corrected chi connectivity index (χ2v) is 9.03. The average Bonchev–Trinajstić information content (AvgIpc) is 2.91. The maximum atomic E-state index is 5.87. The van der Waals surface area contributed by atoms with E-state index in [1.807, 2.05) is 0 Å². The molecule has 1 aromatic carbocycles. The molecule has 0 N–H and O–H groups in total. The van der Waals surface area contributed by atoms with Crippen molar-refractivity contribution in [2.45, 2.75) is 10.6 Å². The molecule has 0 aromatic heterocycles. The van der Waals surface area contributed by atoms with Crippen molar-refractivity contribution in [3.63, 3.8) is 0 Å². The average molecular weight is 307 g/mol. The molecule has 20 heavy (non-hydrogen) atoms. The van der Waals surface area contributed by atoms with Crippen LogP contribution < -0.4 is 0 Å². The SMILES string of the molecule is c1ccc(CN2CC3COCC(C2)C32SCCS2)cc1. The van der Waals surface area contributed by atoms with Crippen molar-refractivity contribution in [2.75, 3.05) is 37.8 Å². The molecule has 2 unspecified atom stereocenters. The normalized spacial score (nSPS) is 32.6. The Hall–Kier alpha value is -0.160. The number of hydrogen-bond acceptors (Lipinski definition) is 4. The van der Waals surface area contributed by atoms with E-state index in [0.717, 1.165) is 19.8 Å². The zero-order valence-corrected chi connectivity index (χ0v) is 13.3. The number of piperidine rings is 1. The van der Waals surface area contributed by atoms with Crippen molar-refractivity contribution in [1.29, 1.82) is 0 Å². The third-order valence-corrected chi connectivity index (χ3v) is 8.74. The van der Waals surface area contributed by atoms with Gasteiger partial charge in [0.15, 0.2) is 0 Å². The van der Waals surface area contributed by atoms with Crippen LogP contribution in [0.5, 0.6) is 0 Å². The minimum Gasteiger partial charge on any atom is -0.381 e. The number of rotatable bonds is 2. The molecule has 1 spiro atoms. The highest BCUT2D eigenvalue weighted by Gasteiger charge is 2.54. The zero-order chi connectivity index (χ0) is 13.4. The highest BCUT2D eigenvalue weighted by Crippen LogP contribution is 2.57. The first-order valence-electron chi connectivity index (χ1n) is 7.49. The van der Waals surface area contributed by atoms with Crippen molar-refractivity contribution in [1.82, 2.24) is 4.90 Å². The number of thioether (sulfide) groups is 2. The van der Waals surface area contributed by atoms with Crippen LogP contribution in [0.3, 0.4) is 0 Å². The van der Waals surface area contributed by atoms with Gasteiger partial charge in [-0.2, -0.15) is 0 Å². The highest BCUT2D eigenvalue weighted by atomic mass is 32.2. The van der Waals surface area contributed by atoms with Crippen LogP contribution in [0, 0.1) is 11.8 Å². The fourth-order valence-corrected chi connectivity index (χ4v) is 7.51. The van der Waals surface area contributed by atoms with Crippen LogP contribution in [-0.4, -0.2) is 46.8 Å². The van der Waals surface area contributed by atoms with Gasteiger partial charge in [-0.05, 0) is 5.56 Å². The van der Waals surface area contributed by atoms with Crippen molar-refractivity contribution in [3.8, 4) is 0 Å². The van der Waals surface area contributed by atoms with Gasteiger partial charge in [0.05, 0.1) is 17.3 Å². The Bertz CT molecular complexity index is 445. The fraction of sp³-hybridized carbons (Fsp3) is 0.625. The first kappa shape index (κ1) is 13.5. The van der Waals surface area contributed by atoms with Gasteiger partial charge < -0.3 is 4.74 Å². The number of nitrogens with zero attached hydrogens (tertiary/aromatic N) is 1. The summed E-state index contributed by atoms with van der Waals surface area (Å²) in [6.45, 7) is 5.42. The standard InChI is InChI=1S/C16H21NOS2/c1-2-4-13(5-3-1)8-17-9-14-11-18-12-15(10-17)16(14)19-6-7-20-16/h1-5,14-15H,6-12H2. The van der Waals surface area contributed by atoms with Gasteiger partial charge in [0.1, 0.15) is 0 Å². The molecule has 0 aliphatic carbocycles. The van der Waals surface area contributed by atoms with Crippen LogP contribution in [0.1, 0.15) is 5.56 Å². The molecule has 2 bridgehead atoms. The Morgan fingerprint density at radius 2 is 1.70 bits per heavy atom. The van der Waals surface area contributed by atoms with Crippen LogP contribution in [0.15, 0.2) is 30.3 Å². The molecule has 0 saturated carbocycles. The fourth-order valence-electron chi connectivity index (χ4n) is 3.86.